The molecule has 0 aromatic heterocycles. The van der Waals surface area contributed by atoms with Crippen molar-refractivity contribution in [3.05, 3.63) is 48.0 Å². The van der Waals surface area contributed by atoms with E-state index in [2.05, 4.69) is 12.2 Å². The van der Waals surface area contributed by atoms with Gasteiger partial charge in [-0.1, -0.05) is 19.4 Å². The summed E-state index contributed by atoms with van der Waals surface area (Å²) in [5.41, 5.74) is 1.48. The van der Waals surface area contributed by atoms with E-state index in [4.69, 9.17) is 14.6 Å². The number of aryl methyl sites for hydroxylation is 1. The average molecular weight is 421 g/mol. The van der Waals surface area contributed by atoms with Gasteiger partial charge in [0, 0.05) is 12.1 Å². The van der Waals surface area contributed by atoms with Crippen LogP contribution in [0, 0.1) is 0 Å². The van der Waals surface area contributed by atoms with Crippen LogP contribution in [0.5, 0.6) is 11.5 Å². The number of sulfonamides is 1. The molecule has 0 saturated carbocycles. The number of rotatable bonds is 11. The maximum absolute atomic E-state index is 12.2. The highest BCUT2D eigenvalue weighted by Gasteiger charge is 2.10. The molecule has 0 unspecified atom stereocenters. The Labute approximate surface area is 172 Å². The second kappa shape index (κ2) is 10.8. The maximum Gasteiger partial charge on any atom is 0.238 e. The van der Waals surface area contributed by atoms with Gasteiger partial charge in [0.05, 0.1) is 18.1 Å². The zero-order chi connectivity index (χ0) is 21.3. The lowest BCUT2D eigenvalue weighted by Gasteiger charge is -2.13. The number of nitrogens with one attached hydrogen (secondary N) is 1. The molecule has 0 heterocycles. The molecule has 0 aliphatic heterocycles. The zero-order valence-electron chi connectivity index (χ0n) is 16.8. The van der Waals surface area contributed by atoms with Gasteiger partial charge in [0.1, 0.15) is 0 Å². The third kappa shape index (κ3) is 7.40. The molecule has 0 radical (unpaired) electrons. The molecule has 8 heteroatoms. The van der Waals surface area contributed by atoms with E-state index in [0.29, 0.717) is 36.8 Å². The minimum Gasteiger partial charge on any atom is -0.490 e. The van der Waals surface area contributed by atoms with Crippen LogP contribution in [0.15, 0.2) is 47.4 Å². The topological polar surface area (TPSA) is 108 Å². The predicted octanol–water partition coefficient (Wildman–Crippen LogP) is 3.48. The Morgan fingerprint density at radius 1 is 1.03 bits per heavy atom. The standard InChI is InChI=1S/C21H28N2O5S/c1-3-5-14-28-19-12-6-16(15-20(19)27-4-2)7-13-21(24)23-17-8-10-18(11-9-17)29(22,25)26/h6,8-12,15H,3-5,7,13-14H2,1-2H3,(H,23,24)(H2,22,25,26). The van der Waals surface area contributed by atoms with Crippen molar-refractivity contribution >= 4 is 21.6 Å². The Morgan fingerprint density at radius 3 is 2.38 bits per heavy atom. The van der Waals surface area contributed by atoms with Crippen molar-refractivity contribution in [2.45, 2.75) is 44.4 Å². The minimum atomic E-state index is -3.75. The van der Waals surface area contributed by atoms with Crippen LogP contribution >= 0.6 is 0 Å². The van der Waals surface area contributed by atoms with Crippen LogP contribution in [0.1, 0.15) is 38.7 Å². The number of carbonyl (C=O) groups excluding carboxylic acids is 1. The zero-order valence-corrected chi connectivity index (χ0v) is 17.6. The van der Waals surface area contributed by atoms with Gasteiger partial charge in [0.15, 0.2) is 11.5 Å². The molecular formula is C21H28N2O5S. The number of benzene rings is 2. The van der Waals surface area contributed by atoms with E-state index in [0.717, 1.165) is 18.4 Å². The third-order valence-electron chi connectivity index (χ3n) is 4.17. The number of hydrogen-bond acceptors (Lipinski definition) is 5. The summed E-state index contributed by atoms with van der Waals surface area (Å²) in [6, 6.07) is 11.4. The smallest absolute Gasteiger partial charge is 0.238 e. The van der Waals surface area contributed by atoms with Crippen molar-refractivity contribution in [3.63, 3.8) is 0 Å². The maximum atomic E-state index is 12.2. The molecule has 0 atom stereocenters. The van der Waals surface area contributed by atoms with Gasteiger partial charge in [0.2, 0.25) is 15.9 Å². The van der Waals surface area contributed by atoms with Crippen molar-refractivity contribution in [1.29, 1.82) is 0 Å². The first-order valence-corrected chi connectivity index (χ1v) is 11.2. The molecule has 0 aliphatic rings. The molecule has 0 aliphatic carbocycles. The van der Waals surface area contributed by atoms with Gasteiger partial charge in [-0.2, -0.15) is 0 Å². The number of nitrogens with two attached hydrogens (primary N) is 1. The normalized spacial score (nSPS) is 11.1. The second-order valence-electron chi connectivity index (χ2n) is 6.53. The molecule has 2 aromatic rings. The second-order valence-corrected chi connectivity index (χ2v) is 8.10. The van der Waals surface area contributed by atoms with Crippen LogP contribution in [0.25, 0.3) is 0 Å². The Kier molecular flexibility index (Phi) is 8.48. The van der Waals surface area contributed by atoms with Gasteiger partial charge in [-0.25, -0.2) is 13.6 Å². The summed E-state index contributed by atoms with van der Waals surface area (Å²) in [4.78, 5) is 12.2. The molecular weight excluding hydrogens is 392 g/mol. The summed E-state index contributed by atoms with van der Waals surface area (Å²) < 4.78 is 34.0. The number of unbranched alkanes of at least 4 members (excludes halogenated alkanes) is 1. The number of ether oxygens (including phenoxy) is 2. The molecule has 0 spiro atoms. The third-order valence-corrected chi connectivity index (χ3v) is 5.10. The van der Waals surface area contributed by atoms with E-state index < -0.39 is 10.0 Å². The van der Waals surface area contributed by atoms with Crippen molar-refractivity contribution in [2.75, 3.05) is 18.5 Å². The van der Waals surface area contributed by atoms with Crippen molar-refractivity contribution in [2.24, 2.45) is 5.14 Å². The van der Waals surface area contributed by atoms with Crippen LogP contribution in [-0.2, 0) is 21.2 Å². The monoisotopic (exact) mass is 420 g/mol. The fourth-order valence-corrected chi connectivity index (χ4v) is 3.15. The lowest BCUT2D eigenvalue weighted by molar-refractivity contribution is -0.116. The summed E-state index contributed by atoms with van der Waals surface area (Å²) >= 11 is 0. The van der Waals surface area contributed by atoms with E-state index >= 15 is 0 Å². The molecule has 0 bridgehead atoms. The van der Waals surface area contributed by atoms with E-state index in [1.54, 1.807) is 0 Å². The van der Waals surface area contributed by atoms with Gasteiger partial charge in [-0.15, -0.1) is 0 Å². The van der Waals surface area contributed by atoms with E-state index in [-0.39, 0.29) is 17.2 Å². The number of carbonyl (C=O) groups is 1. The molecule has 2 rings (SSSR count). The summed E-state index contributed by atoms with van der Waals surface area (Å²) in [7, 11) is -3.75. The highest BCUT2D eigenvalue weighted by atomic mass is 32.2. The highest BCUT2D eigenvalue weighted by Crippen LogP contribution is 2.29. The fraction of sp³-hybridized carbons (Fsp3) is 0.381. The lowest BCUT2D eigenvalue weighted by atomic mass is 10.1. The average Bonchev–Trinajstić information content (AvgIpc) is 2.68. The van der Waals surface area contributed by atoms with Gasteiger partial charge < -0.3 is 14.8 Å². The summed E-state index contributed by atoms with van der Waals surface area (Å²) in [6.45, 7) is 5.19. The minimum absolute atomic E-state index is 0.000183. The van der Waals surface area contributed by atoms with Crippen LogP contribution in [0.4, 0.5) is 5.69 Å². The number of primary sulfonamides is 1. The van der Waals surface area contributed by atoms with E-state index in [9.17, 15) is 13.2 Å². The van der Waals surface area contributed by atoms with Crippen molar-refractivity contribution in [3.8, 4) is 11.5 Å². The van der Waals surface area contributed by atoms with Crippen LogP contribution < -0.4 is 19.9 Å². The molecule has 0 saturated heterocycles. The Hall–Kier alpha value is -2.58. The van der Waals surface area contributed by atoms with Gasteiger partial charge in [-0.05, 0) is 61.7 Å². The quantitative estimate of drug-likeness (QED) is 0.541. The molecule has 2 aromatic carbocycles. The Bertz CT molecular complexity index is 911. The van der Waals surface area contributed by atoms with E-state index in [1.807, 2.05) is 25.1 Å². The van der Waals surface area contributed by atoms with Crippen molar-refractivity contribution in [1.82, 2.24) is 0 Å². The number of amides is 1. The molecule has 3 N–H and O–H groups in total. The predicted molar refractivity (Wildman–Crippen MR) is 113 cm³/mol. The first-order chi connectivity index (χ1) is 13.8. The Morgan fingerprint density at radius 2 is 1.76 bits per heavy atom. The number of hydrogen-bond donors (Lipinski definition) is 2. The van der Waals surface area contributed by atoms with Gasteiger partial charge in [-0.3, -0.25) is 4.79 Å². The molecule has 1 amide bonds. The van der Waals surface area contributed by atoms with Crippen LogP contribution in [-0.4, -0.2) is 27.5 Å². The van der Waals surface area contributed by atoms with Gasteiger partial charge in [0.25, 0.3) is 0 Å². The summed E-state index contributed by atoms with van der Waals surface area (Å²) in [5.74, 6) is 1.22. The van der Waals surface area contributed by atoms with Crippen LogP contribution in [0.3, 0.4) is 0 Å². The lowest BCUT2D eigenvalue weighted by Crippen LogP contribution is -2.14. The van der Waals surface area contributed by atoms with Gasteiger partial charge >= 0.3 is 0 Å². The molecule has 0 fully saturated rings. The van der Waals surface area contributed by atoms with Crippen molar-refractivity contribution < 1.29 is 22.7 Å². The SMILES string of the molecule is CCCCOc1ccc(CCC(=O)Nc2ccc(S(N)(=O)=O)cc2)cc1OCC. The fourth-order valence-electron chi connectivity index (χ4n) is 2.63. The summed E-state index contributed by atoms with van der Waals surface area (Å²) in [6.07, 6.45) is 2.85. The highest BCUT2D eigenvalue weighted by molar-refractivity contribution is 7.89. The molecule has 158 valence electrons. The Balaban J connectivity index is 1.94. The largest absolute Gasteiger partial charge is 0.490 e. The first kappa shape index (κ1) is 22.7. The molecule has 7 nitrogen and oxygen atoms in total. The van der Waals surface area contributed by atoms with Crippen LogP contribution in [0.2, 0.25) is 0 Å². The molecule has 29 heavy (non-hydrogen) atoms. The number of anilines is 1. The van der Waals surface area contributed by atoms with E-state index in [1.165, 1.54) is 24.3 Å². The summed E-state index contributed by atoms with van der Waals surface area (Å²) in [5, 5.41) is 7.81. The first-order valence-electron chi connectivity index (χ1n) is 9.64.